The van der Waals surface area contributed by atoms with Crippen molar-refractivity contribution in [3.63, 3.8) is 0 Å². The average Bonchev–Trinajstić information content (AvgIpc) is 2.54. The maximum Gasteiger partial charge on any atom is 0.125 e. The number of fused-ring (bicyclic) bond motifs is 4. The molecule has 2 atom stereocenters. The van der Waals surface area contributed by atoms with E-state index in [1.54, 1.807) is 0 Å². The number of nitrogens with one attached hydrogen (secondary N) is 2. The molecule has 18 heavy (non-hydrogen) atoms. The van der Waals surface area contributed by atoms with Crippen molar-refractivity contribution in [2.24, 2.45) is 0 Å². The van der Waals surface area contributed by atoms with Gasteiger partial charge >= 0.3 is 0 Å². The Morgan fingerprint density at radius 3 is 2.83 bits per heavy atom. The maximum absolute atomic E-state index is 10.2. The van der Waals surface area contributed by atoms with Crippen LogP contribution < -0.4 is 5.32 Å². The number of H-pyrrole nitrogens is 1. The van der Waals surface area contributed by atoms with Crippen molar-refractivity contribution in [2.75, 3.05) is 13.1 Å². The summed E-state index contributed by atoms with van der Waals surface area (Å²) in [6.07, 6.45) is 2.50. The number of benzene rings is 1. The third-order valence-electron chi connectivity index (χ3n) is 4.67. The summed E-state index contributed by atoms with van der Waals surface area (Å²) in [6.45, 7) is 4.22. The Bertz CT molecular complexity index is 625. The monoisotopic (exact) mass is 242 g/mol. The van der Waals surface area contributed by atoms with Crippen LogP contribution >= 0.6 is 0 Å². The summed E-state index contributed by atoms with van der Waals surface area (Å²) in [6, 6.07) is 3.82. The first-order valence-corrected chi connectivity index (χ1v) is 6.80. The minimum Gasteiger partial charge on any atom is -0.507 e. The van der Waals surface area contributed by atoms with Crippen LogP contribution in [0.2, 0.25) is 0 Å². The fourth-order valence-electron chi connectivity index (χ4n) is 3.74. The summed E-state index contributed by atoms with van der Waals surface area (Å²) in [5.74, 6) is 1.57. The molecular weight excluding hydrogens is 224 g/mol. The third kappa shape index (κ3) is 1.23. The van der Waals surface area contributed by atoms with Gasteiger partial charge in [-0.25, -0.2) is 0 Å². The van der Waals surface area contributed by atoms with Gasteiger partial charge in [-0.2, -0.15) is 0 Å². The highest BCUT2D eigenvalue weighted by Gasteiger charge is 2.34. The molecule has 0 radical (unpaired) electrons. The van der Waals surface area contributed by atoms with Gasteiger partial charge in [0.25, 0.3) is 0 Å². The summed E-state index contributed by atoms with van der Waals surface area (Å²) in [5.41, 5.74) is 5.12. The topological polar surface area (TPSA) is 48.0 Å². The Morgan fingerprint density at radius 1 is 1.17 bits per heavy atom. The van der Waals surface area contributed by atoms with Gasteiger partial charge in [0.15, 0.2) is 0 Å². The second-order valence-corrected chi connectivity index (χ2v) is 5.73. The summed E-state index contributed by atoms with van der Waals surface area (Å²) in [7, 11) is 0. The number of aromatic nitrogens is 1. The highest BCUT2D eigenvalue weighted by atomic mass is 16.3. The zero-order valence-electron chi connectivity index (χ0n) is 10.6. The second kappa shape index (κ2) is 3.51. The Kier molecular flexibility index (Phi) is 2.04. The lowest BCUT2D eigenvalue weighted by Gasteiger charge is -2.23. The SMILES string of the molecule is Cc1ccc(O)c2c3c([nH]c12)C1CCC3CNC1. The summed E-state index contributed by atoms with van der Waals surface area (Å²) >= 11 is 0. The van der Waals surface area contributed by atoms with Crippen molar-refractivity contribution < 1.29 is 5.11 Å². The molecule has 2 aliphatic heterocycles. The molecule has 0 amide bonds. The zero-order valence-corrected chi connectivity index (χ0v) is 10.6. The van der Waals surface area contributed by atoms with Crippen LogP contribution in [0.5, 0.6) is 5.75 Å². The van der Waals surface area contributed by atoms with Gasteiger partial charge in [0.2, 0.25) is 0 Å². The van der Waals surface area contributed by atoms with E-state index in [9.17, 15) is 5.11 Å². The Hall–Kier alpha value is -1.48. The van der Waals surface area contributed by atoms with E-state index in [1.807, 2.05) is 12.1 Å². The van der Waals surface area contributed by atoms with E-state index in [1.165, 1.54) is 29.7 Å². The van der Waals surface area contributed by atoms with Crippen LogP contribution in [-0.4, -0.2) is 23.2 Å². The second-order valence-electron chi connectivity index (χ2n) is 5.73. The van der Waals surface area contributed by atoms with Gasteiger partial charge in [-0.3, -0.25) is 0 Å². The highest BCUT2D eigenvalue weighted by Crippen LogP contribution is 2.46. The van der Waals surface area contributed by atoms with Crippen LogP contribution in [0.25, 0.3) is 10.9 Å². The quantitative estimate of drug-likeness (QED) is 0.665. The number of phenolic OH excluding ortho intramolecular Hbond substituents is 1. The normalized spacial score (nSPS) is 26.3. The molecule has 3 heterocycles. The van der Waals surface area contributed by atoms with Crippen molar-refractivity contribution in [3.05, 3.63) is 29.0 Å². The van der Waals surface area contributed by atoms with Gasteiger partial charge in [0.05, 0.1) is 5.52 Å². The average molecular weight is 242 g/mol. The van der Waals surface area contributed by atoms with Crippen LogP contribution in [0, 0.1) is 6.92 Å². The predicted octanol–water partition coefficient (Wildman–Crippen LogP) is 2.75. The molecule has 1 aromatic heterocycles. The van der Waals surface area contributed by atoms with E-state index in [0.717, 1.165) is 24.0 Å². The highest BCUT2D eigenvalue weighted by molar-refractivity contribution is 5.93. The number of aromatic hydroxyl groups is 1. The first-order valence-electron chi connectivity index (χ1n) is 6.80. The number of hydrogen-bond donors (Lipinski definition) is 3. The lowest BCUT2D eigenvalue weighted by molar-refractivity contribution is 0.479. The third-order valence-corrected chi connectivity index (χ3v) is 4.67. The Morgan fingerprint density at radius 2 is 1.94 bits per heavy atom. The van der Waals surface area contributed by atoms with Gasteiger partial charge in [-0.05, 0) is 42.9 Å². The Balaban J connectivity index is 2.11. The van der Waals surface area contributed by atoms with Crippen LogP contribution in [0.1, 0.15) is 41.5 Å². The van der Waals surface area contributed by atoms with Crippen LogP contribution in [0.4, 0.5) is 0 Å². The van der Waals surface area contributed by atoms with E-state index in [-0.39, 0.29) is 0 Å². The fraction of sp³-hybridized carbons (Fsp3) is 0.467. The fourth-order valence-corrected chi connectivity index (χ4v) is 3.74. The van der Waals surface area contributed by atoms with E-state index >= 15 is 0 Å². The molecule has 1 aromatic carbocycles. The number of phenols is 1. The first-order chi connectivity index (χ1) is 8.75. The molecule has 2 aromatic rings. The molecular formula is C15H18N2O. The lowest BCUT2D eigenvalue weighted by atomic mass is 9.81. The van der Waals surface area contributed by atoms with Gasteiger partial charge in [0, 0.05) is 30.1 Å². The molecule has 2 bridgehead atoms. The summed E-state index contributed by atoms with van der Waals surface area (Å²) in [5, 5.41) is 14.8. The molecule has 3 nitrogen and oxygen atoms in total. The Labute approximate surface area is 106 Å². The van der Waals surface area contributed by atoms with E-state index in [4.69, 9.17) is 0 Å². The standard InChI is InChI=1S/C15H18N2O/c1-8-2-5-11(18)13-12-9-3-4-10(7-16-6-9)15(12)17-14(8)13/h2,5,9-10,16-18H,3-4,6-7H2,1H3. The van der Waals surface area contributed by atoms with E-state index in [2.05, 4.69) is 17.2 Å². The van der Waals surface area contributed by atoms with Gasteiger partial charge in [-0.15, -0.1) is 0 Å². The molecule has 0 saturated carbocycles. The van der Waals surface area contributed by atoms with Gasteiger partial charge < -0.3 is 15.4 Å². The molecule has 3 heteroatoms. The molecule has 5 rings (SSSR count). The number of hydrogen-bond acceptors (Lipinski definition) is 2. The smallest absolute Gasteiger partial charge is 0.125 e. The van der Waals surface area contributed by atoms with Crippen molar-refractivity contribution in [2.45, 2.75) is 31.6 Å². The van der Waals surface area contributed by atoms with Crippen molar-refractivity contribution in [1.29, 1.82) is 0 Å². The van der Waals surface area contributed by atoms with E-state index in [0.29, 0.717) is 17.6 Å². The molecule has 1 saturated heterocycles. The summed E-state index contributed by atoms with van der Waals surface area (Å²) in [4.78, 5) is 3.60. The number of aryl methyl sites for hydroxylation is 1. The molecule has 0 spiro atoms. The number of rotatable bonds is 0. The minimum absolute atomic E-state index is 0.431. The molecule has 3 N–H and O–H groups in total. The van der Waals surface area contributed by atoms with Gasteiger partial charge in [-0.1, -0.05) is 6.07 Å². The van der Waals surface area contributed by atoms with Crippen LogP contribution in [0.3, 0.4) is 0 Å². The van der Waals surface area contributed by atoms with E-state index < -0.39 is 0 Å². The van der Waals surface area contributed by atoms with Crippen LogP contribution in [-0.2, 0) is 0 Å². The van der Waals surface area contributed by atoms with Crippen molar-refractivity contribution in [1.82, 2.24) is 10.3 Å². The lowest BCUT2D eigenvalue weighted by Crippen LogP contribution is -2.18. The molecule has 94 valence electrons. The largest absolute Gasteiger partial charge is 0.507 e. The summed E-state index contributed by atoms with van der Waals surface area (Å²) < 4.78 is 0. The van der Waals surface area contributed by atoms with Crippen molar-refractivity contribution >= 4 is 10.9 Å². The van der Waals surface area contributed by atoms with Crippen molar-refractivity contribution in [3.8, 4) is 5.75 Å². The first kappa shape index (κ1) is 10.4. The van der Waals surface area contributed by atoms with Crippen LogP contribution in [0.15, 0.2) is 12.1 Å². The number of aromatic amines is 1. The maximum atomic E-state index is 10.2. The predicted molar refractivity (Wildman–Crippen MR) is 72.3 cm³/mol. The molecule has 3 aliphatic rings. The molecule has 1 aliphatic carbocycles. The minimum atomic E-state index is 0.431. The molecule has 2 unspecified atom stereocenters. The molecule has 1 fully saturated rings. The van der Waals surface area contributed by atoms with Gasteiger partial charge in [0.1, 0.15) is 5.75 Å². The zero-order chi connectivity index (χ0) is 12.3.